The number of methoxy groups -OCH3 is 2. The lowest BCUT2D eigenvalue weighted by atomic mass is 9.94. The van der Waals surface area contributed by atoms with Crippen LogP contribution in [0.1, 0.15) is 36.9 Å². The summed E-state index contributed by atoms with van der Waals surface area (Å²) in [6.07, 6.45) is 6.10. The lowest BCUT2D eigenvalue weighted by Gasteiger charge is -2.24. The Bertz CT molecular complexity index is 974. The molecule has 2 atom stereocenters. The van der Waals surface area contributed by atoms with Gasteiger partial charge in [0.25, 0.3) is 0 Å². The Balaban J connectivity index is 1.75. The van der Waals surface area contributed by atoms with Crippen molar-refractivity contribution in [2.24, 2.45) is 5.92 Å². The maximum absolute atomic E-state index is 13.0. The van der Waals surface area contributed by atoms with Gasteiger partial charge in [-0.25, -0.2) is 0 Å². The minimum Gasteiger partial charge on any atom is -0.469 e. The third-order valence-corrected chi connectivity index (χ3v) is 5.45. The summed E-state index contributed by atoms with van der Waals surface area (Å²) in [7, 11) is 4.17. The molecule has 3 rings (SSSR count). The summed E-state index contributed by atoms with van der Waals surface area (Å²) in [4.78, 5) is 54.4. The van der Waals surface area contributed by atoms with Crippen molar-refractivity contribution in [2.45, 2.75) is 31.3 Å². The molecule has 2 aromatic heterocycles. The summed E-state index contributed by atoms with van der Waals surface area (Å²) in [5.74, 6) is -2.10. The minimum atomic E-state index is -0.636. The number of hydrogen-bond donors (Lipinski definition) is 1. The number of carbonyl (C=O) groups is 4. The van der Waals surface area contributed by atoms with Gasteiger partial charge in [0.15, 0.2) is 0 Å². The third kappa shape index (κ3) is 5.10. The van der Waals surface area contributed by atoms with Gasteiger partial charge in [0.2, 0.25) is 11.8 Å². The second-order valence-corrected chi connectivity index (χ2v) is 7.46. The molecule has 0 bridgehead atoms. The van der Waals surface area contributed by atoms with E-state index in [1.807, 2.05) is 6.07 Å². The van der Waals surface area contributed by atoms with Gasteiger partial charge in [0, 0.05) is 32.1 Å². The van der Waals surface area contributed by atoms with E-state index in [9.17, 15) is 19.2 Å². The van der Waals surface area contributed by atoms with Gasteiger partial charge in [-0.3, -0.25) is 28.8 Å². The molecule has 11 nitrogen and oxygen atoms in total. The average molecular weight is 443 g/mol. The zero-order valence-electron chi connectivity index (χ0n) is 18.1. The van der Waals surface area contributed by atoms with Crippen molar-refractivity contribution in [3.8, 4) is 0 Å². The molecular formula is C21H25N5O6. The van der Waals surface area contributed by atoms with E-state index >= 15 is 0 Å². The predicted octanol–water partition coefficient (Wildman–Crippen LogP) is 1.10. The molecule has 1 N–H and O–H groups in total. The SMILES string of the molecule is COC(=O)CC(CC(=O)OC)n1cc(NC(=O)C2CC(=O)N(C)C2c2cccnc2)cn1. The molecule has 0 saturated carbocycles. The quantitative estimate of drug-likeness (QED) is 0.600. The van der Waals surface area contributed by atoms with Crippen molar-refractivity contribution in [2.75, 3.05) is 26.6 Å². The Morgan fingerprint density at radius 3 is 2.47 bits per heavy atom. The van der Waals surface area contributed by atoms with E-state index in [-0.39, 0.29) is 31.1 Å². The van der Waals surface area contributed by atoms with E-state index in [1.165, 1.54) is 31.3 Å². The van der Waals surface area contributed by atoms with Crippen molar-refractivity contribution >= 4 is 29.4 Å². The van der Waals surface area contributed by atoms with Gasteiger partial charge in [0.1, 0.15) is 0 Å². The van der Waals surface area contributed by atoms with Crippen LogP contribution in [-0.2, 0) is 28.7 Å². The number of nitrogens with zero attached hydrogens (tertiary/aromatic N) is 4. The fourth-order valence-electron chi connectivity index (χ4n) is 3.76. The monoisotopic (exact) mass is 443 g/mol. The first-order valence-corrected chi connectivity index (χ1v) is 9.98. The van der Waals surface area contributed by atoms with Crippen LogP contribution in [0.4, 0.5) is 5.69 Å². The molecule has 170 valence electrons. The Morgan fingerprint density at radius 2 is 1.88 bits per heavy atom. The first-order valence-electron chi connectivity index (χ1n) is 9.98. The second-order valence-electron chi connectivity index (χ2n) is 7.46. The highest BCUT2D eigenvalue weighted by atomic mass is 16.5. The van der Waals surface area contributed by atoms with Gasteiger partial charge < -0.3 is 19.7 Å². The number of anilines is 1. The number of aromatic nitrogens is 3. The maximum atomic E-state index is 13.0. The normalized spacial score (nSPS) is 18.0. The lowest BCUT2D eigenvalue weighted by molar-refractivity contribution is -0.144. The van der Waals surface area contributed by atoms with E-state index in [4.69, 9.17) is 0 Å². The summed E-state index contributed by atoms with van der Waals surface area (Å²) in [5.41, 5.74) is 1.15. The number of hydrogen-bond acceptors (Lipinski definition) is 8. The second kappa shape index (κ2) is 10.0. The predicted molar refractivity (Wildman–Crippen MR) is 111 cm³/mol. The van der Waals surface area contributed by atoms with Crippen LogP contribution >= 0.6 is 0 Å². The van der Waals surface area contributed by atoms with Crippen molar-refractivity contribution in [3.05, 3.63) is 42.5 Å². The molecule has 3 heterocycles. The smallest absolute Gasteiger partial charge is 0.307 e. The van der Waals surface area contributed by atoms with Gasteiger partial charge in [-0.1, -0.05) is 6.07 Å². The number of esters is 2. The Morgan fingerprint density at radius 1 is 1.19 bits per heavy atom. The molecule has 2 unspecified atom stereocenters. The molecule has 1 aliphatic rings. The van der Waals surface area contributed by atoms with Gasteiger partial charge in [-0.05, 0) is 11.6 Å². The Labute approximate surface area is 184 Å². The topological polar surface area (TPSA) is 133 Å². The highest BCUT2D eigenvalue weighted by Crippen LogP contribution is 2.37. The molecule has 1 saturated heterocycles. The van der Waals surface area contributed by atoms with Crippen LogP contribution < -0.4 is 5.32 Å². The number of amides is 2. The van der Waals surface area contributed by atoms with Crippen molar-refractivity contribution in [1.82, 2.24) is 19.7 Å². The lowest BCUT2D eigenvalue weighted by Crippen LogP contribution is -2.30. The molecule has 1 fully saturated rings. The molecule has 11 heteroatoms. The number of ether oxygens (including phenoxy) is 2. The van der Waals surface area contributed by atoms with E-state index < -0.39 is 29.9 Å². The van der Waals surface area contributed by atoms with Gasteiger partial charge in [-0.15, -0.1) is 0 Å². The molecule has 2 aromatic rings. The van der Waals surface area contributed by atoms with Crippen molar-refractivity contribution < 1.29 is 28.7 Å². The van der Waals surface area contributed by atoms with E-state index in [0.29, 0.717) is 5.69 Å². The average Bonchev–Trinajstić information content (AvgIpc) is 3.38. The number of likely N-dealkylation sites (tertiary alicyclic amines) is 1. The van der Waals surface area contributed by atoms with Crippen molar-refractivity contribution in [3.63, 3.8) is 0 Å². The van der Waals surface area contributed by atoms with Gasteiger partial charge in [0.05, 0.1) is 56.9 Å². The summed E-state index contributed by atoms with van der Waals surface area (Å²) in [5, 5.41) is 6.96. The van der Waals surface area contributed by atoms with Crippen LogP contribution in [0.3, 0.4) is 0 Å². The Kier molecular flexibility index (Phi) is 7.18. The maximum Gasteiger partial charge on any atom is 0.307 e. The molecule has 0 aromatic carbocycles. The van der Waals surface area contributed by atoms with Crippen molar-refractivity contribution in [1.29, 1.82) is 0 Å². The Hall–Kier alpha value is -3.76. The standard InChI is InChI=1S/C21H25N5O6/c1-25-17(27)9-16(20(25)13-5-4-6-22-10-13)21(30)24-14-11-23-26(12-14)15(7-18(28)31-2)8-19(29)32-3/h4-6,10-12,15-16,20H,7-9H2,1-3H3,(H,24,30). The third-order valence-electron chi connectivity index (χ3n) is 5.45. The summed E-state index contributed by atoms with van der Waals surface area (Å²) in [6, 6.07) is 2.52. The molecule has 0 spiro atoms. The summed E-state index contributed by atoms with van der Waals surface area (Å²) < 4.78 is 10.8. The van der Waals surface area contributed by atoms with Crippen LogP contribution in [-0.4, -0.2) is 64.7 Å². The number of carbonyl (C=O) groups excluding carboxylic acids is 4. The van der Waals surface area contributed by atoms with Crippen LogP contribution in [0.2, 0.25) is 0 Å². The molecule has 32 heavy (non-hydrogen) atoms. The van der Waals surface area contributed by atoms with Crippen LogP contribution in [0.25, 0.3) is 0 Å². The van der Waals surface area contributed by atoms with Crippen LogP contribution in [0.5, 0.6) is 0 Å². The zero-order chi connectivity index (χ0) is 23.3. The highest BCUT2D eigenvalue weighted by molar-refractivity contribution is 5.97. The minimum absolute atomic E-state index is 0.0728. The number of rotatable bonds is 8. The first-order chi connectivity index (χ1) is 15.3. The fraction of sp³-hybridized carbons (Fsp3) is 0.429. The number of nitrogens with one attached hydrogen (secondary N) is 1. The van der Waals surface area contributed by atoms with Crippen LogP contribution in [0.15, 0.2) is 36.9 Å². The van der Waals surface area contributed by atoms with E-state index in [0.717, 1.165) is 5.56 Å². The van der Waals surface area contributed by atoms with Gasteiger partial charge >= 0.3 is 11.9 Å². The van der Waals surface area contributed by atoms with E-state index in [2.05, 4.69) is 24.9 Å². The number of pyridine rings is 1. The zero-order valence-corrected chi connectivity index (χ0v) is 18.1. The summed E-state index contributed by atoms with van der Waals surface area (Å²) in [6.45, 7) is 0. The summed E-state index contributed by atoms with van der Waals surface area (Å²) >= 11 is 0. The van der Waals surface area contributed by atoms with E-state index in [1.54, 1.807) is 30.4 Å². The molecule has 0 aliphatic carbocycles. The fourth-order valence-corrected chi connectivity index (χ4v) is 3.76. The molecular weight excluding hydrogens is 418 g/mol. The first kappa shape index (κ1) is 22.9. The van der Waals surface area contributed by atoms with Crippen LogP contribution in [0, 0.1) is 5.92 Å². The largest absolute Gasteiger partial charge is 0.469 e. The van der Waals surface area contributed by atoms with Gasteiger partial charge in [-0.2, -0.15) is 5.10 Å². The molecule has 2 amide bonds. The molecule has 1 aliphatic heterocycles. The molecule has 0 radical (unpaired) electrons. The highest BCUT2D eigenvalue weighted by Gasteiger charge is 2.42.